The number of hydrogen-bond donors (Lipinski definition) is 0. The second kappa shape index (κ2) is 5.22. The maximum Gasteiger partial charge on any atom is 0.228 e. The van der Waals surface area contributed by atoms with Crippen LogP contribution in [0.3, 0.4) is 0 Å². The van der Waals surface area contributed by atoms with Crippen LogP contribution >= 0.6 is 0 Å². The van der Waals surface area contributed by atoms with Gasteiger partial charge in [0.05, 0.1) is 22.6 Å². The molecular formula is C22H23NO2. The van der Waals surface area contributed by atoms with Crippen LogP contribution in [-0.2, 0) is 0 Å². The van der Waals surface area contributed by atoms with Gasteiger partial charge in [-0.25, -0.2) is 0 Å². The molecule has 2 aromatic carbocycles. The van der Waals surface area contributed by atoms with E-state index in [1.54, 1.807) is 0 Å². The Morgan fingerprint density at radius 2 is 1.68 bits per heavy atom. The molecule has 1 aliphatic heterocycles. The monoisotopic (exact) mass is 333 g/mol. The lowest BCUT2D eigenvalue weighted by molar-refractivity contribution is -0.361. The van der Waals surface area contributed by atoms with Crippen LogP contribution in [0.1, 0.15) is 39.7 Å². The predicted octanol–water partition coefficient (Wildman–Crippen LogP) is 5.91. The Labute approximate surface area is 148 Å². The minimum Gasteiger partial charge on any atom is -0.618 e. The first-order valence-corrected chi connectivity index (χ1v) is 8.72. The zero-order valence-electron chi connectivity index (χ0n) is 15.2. The molecule has 1 heterocycles. The Hall–Kier alpha value is -2.55. The summed E-state index contributed by atoms with van der Waals surface area (Å²) in [4.78, 5) is 0. The fraction of sp³-hybridized carbons (Fsp3) is 0.318. The van der Waals surface area contributed by atoms with E-state index in [9.17, 15) is 5.21 Å². The Balaban J connectivity index is 1.80. The molecule has 0 fully saturated rings. The predicted molar refractivity (Wildman–Crippen MR) is 101 cm³/mol. The van der Waals surface area contributed by atoms with Crippen LogP contribution in [0, 0.1) is 16.0 Å². The Morgan fingerprint density at radius 1 is 0.960 bits per heavy atom. The molecule has 2 aromatic rings. The number of hydrogen-bond acceptors (Lipinski definition) is 2. The van der Waals surface area contributed by atoms with Crippen molar-refractivity contribution in [2.75, 3.05) is 0 Å². The topological polar surface area (TPSA) is 35.3 Å². The molecule has 0 bridgehead atoms. The van der Waals surface area contributed by atoms with Crippen molar-refractivity contribution in [3.8, 4) is 11.5 Å². The molecule has 25 heavy (non-hydrogen) atoms. The summed E-state index contributed by atoms with van der Waals surface area (Å²) in [5.41, 5.74) is 3.56. The SMILES string of the molecule is CC1(C)C=C2C(=[N+]([O-])c3cc(Oc4ccccc4)ccc32)C(C)(C)C1. The quantitative estimate of drug-likeness (QED) is 0.505. The van der Waals surface area contributed by atoms with Crippen molar-refractivity contribution in [3.05, 3.63) is 65.4 Å². The number of rotatable bonds is 2. The fourth-order valence-electron chi connectivity index (χ4n) is 4.40. The van der Waals surface area contributed by atoms with E-state index in [0.717, 1.165) is 33.8 Å². The Kier molecular flexibility index (Phi) is 3.33. The van der Waals surface area contributed by atoms with E-state index in [-0.39, 0.29) is 10.8 Å². The van der Waals surface area contributed by atoms with Crippen LogP contribution in [-0.4, -0.2) is 10.5 Å². The largest absolute Gasteiger partial charge is 0.618 e. The minimum absolute atomic E-state index is 0.0734. The van der Waals surface area contributed by atoms with Gasteiger partial charge >= 0.3 is 0 Å². The highest BCUT2D eigenvalue weighted by molar-refractivity contribution is 6.27. The van der Waals surface area contributed by atoms with Crippen LogP contribution in [0.5, 0.6) is 11.5 Å². The van der Waals surface area contributed by atoms with E-state index in [0.29, 0.717) is 11.4 Å². The second-order valence-electron chi connectivity index (χ2n) is 8.34. The molecule has 0 N–H and O–H groups in total. The van der Waals surface area contributed by atoms with E-state index in [2.05, 4.69) is 33.8 Å². The van der Waals surface area contributed by atoms with Gasteiger partial charge in [0.1, 0.15) is 11.5 Å². The number of nitrogens with zero attached hydrogens (tertiary/aromatic N) is 1. The molecule has 0 atom stereocenters. The third-order valence-electron chi connectivity index (χ3n) is 4.99. The van der Waals surface area contributed by atoms with E-state index >= 15 is 0 Å². The smallest absolute Gasteiger partial charge is 0.228 e. The molecule has 3 nitrogen and oxygen atoms in total. The van der Waals surface area contributed by atoms with Gasteiger partial charge in [0.15, 0.2) is 0 Å². The number of ether oxygens (including phenoxy) is 1. The van der Waals surface area contributed by atoms with Crippen molar-refractivity contribution in [3.63, 3.8) is 0 Å². The zero-order valence-corrected chi connectivity index (χ0v) is 15.2. The van der Waals surface area contributed by atoms with Gasteiger partial charge < -0.3 is 9.94 Å². The van der Waals surface area contributed by atoms with Gasteiger partial charge in [0, 0.05) is 0 Å². The number of benzene rings is 2. The normalized spacial score (nSPS) is 19.9. The van der Waals surface area contributed by atoms with Crippen molar-refractivity contribution < 1.29 is 9.48 Å². The van der Waals surface area contributed by atoms with Crippen LogP contribution in [0.25, 0.3) is 5.57 Å². The molecule has 0 saturated heterocycles. The van der Waals surface area contributed by atoms with Crippen LogP contribution < -0.4 is 4.74 Å². The molecule has 4 rings (SSSR count). The summed E-state index contributed by atoms with van der Waals surface area (Å²) in [5, 5.41) is 13.0. The Bertz CT molecular complexity index is 905. The van der Waals surface area contributed by atoms with Crippen LogP contribution in [0.2, 0.25) is 0 Å². The highest BCUT2D eigenvalue weighted by Gasteiger charge is 2.48. The summed E-state index contributed by atoms with van der Waals surface area (Å²) in [7, 11) is 0. The van der Waals surface area contributed by atoms with Gasteiger partial charge in [-0.15, -0.1) is 0 Å². The maximum absolute atomic E-state index is 13.0. The molecule has 0 amide bonds. The van der Waals surface area contributed by atoms with Crippen molar-refractivity contribution in [2.24, 2.45) is 10.8 Å². The van der Waals surface area contributed by atoms with Gasteiger partial charge in [0.2, 0.25) is 11.4 Å². The molecule has 0 radical (unpaired) electrons. The summed E-state index contributed by atoms with van der Waals surface area (Å²) in [6.07, 6.45) is 3.21. The molecule has 0 aromatic heterocycles. The molecule has 1 aliphatic carbocycles. The fourth-order valence-corrected chi connectivity index (χ4v) is 4.40. The standard InChI is InChI=1S/C22H23NO2/c1-21(2)13-18-17-11-10-16(25-15-8-6-5-7-9-15)12-19(17)23(24)20(18)22(3,4)14-21/h5-13H,14H2,1-4H3. The highest BCUT2D eigenvalue weighted by atomic mass is 16.5. The van der Waals surface area contributed by atoms with E-state index < -0.39 is 0 Å². The van der Waals surface area contributed by atoms with E-state index in [1.807, 2.05) is 48.5 Å². The average Bonchev–Trinajstić information content (AvgIpc) is 2.79. The van der Waals surface area contributed by atoms with Crippen molar-refractivity contribution in [1.82, 2.24) is 0 Å². The summed E-state index contributed by atoms with van der Waals surface area (Å²) in [6, 6.07) is 15.4. The third kappa shape index (κ3) is 2.64. The first kappa shape index (κ1) is 15.9. The minimum atomic E-state index is -0.158. The van der Waals surface area contributed by atoms with Gasteiger partial charge in [-0.3, -0.25) is 0 Å². The van der Waals surface area contributed by atoms with E-state index in [4.69, 9.17) is 4.74 Å². The lowest BCUT2D eigenvalue weighted by atomic mass is 9.65. The molecule has 0 saturated carbocycles. The van der Waals surface area contributed by atoms with Gasteiger partial charge in [-0.05, 0) is 49.9 Å². The Morgan fingerprint density at radius 3 is 2.40 bits per heavy atom. The molecular weight excluding hydrogens is 310 g/mol. The second-order valence-corrected chi connectivity index (χ2v) is 8.34. The molecule has 3 heteroatoms. The van der Waals surface area contributed by atoms with Crippen LogP contribution in [0.4, 0.5) is 5.69 Å². The van der Waals surface area contributed by atoms with Gasteiger partial charge in [0.25, 0.3) is 0 Å². The number of fused-ring (bicyclic) bond motifs is 3. The van der Waals surface area contributed by atoms with Crippen LogP contribution in [0.15, 0.2) is 54.6 Å². The first-order chi connectivity index (χ1) is 11.8. The molecule has 128 valence electrons. The summed E-state index contributed by atoms with van der Waals surface area (Å²) >= 11 is 0. The van der Waals surface area contributed by atoms with E-state index in [1.165, 1.54) is 0 Å². The summed E-state index contributed by atoms with van der Waals surface area (Å²) in [5.74, 6) is 1.45. The van der Waals surface area contributed by atoms with Gasteiger partial charge in [-0.2, -0.15) is 4.74 Å². The molecule has 0 spiro atoms. The number of para-hydroxylation sites is 1. The lowest BCUT2D eigenvalue weighted by Crippen LogP contribution is -2.36. The molecule has 0 unspecified atom stereocenters. The first-order valence-electron chi connectivity index (χ1n) is 8.72. The number of allylic oxidation sites excluding steroid dienone is 2. The van der Waals surface area contributed by atoms with Gasteiger partial charge in [-0.1, -0.05) is 38.1 Å². The van der Waals surface area contributed by atoms with Crippen molar-refractivity contribution in [2.45, 2.75) is 34.1 Å². The van der Waals surface area contributed by atoms with Crippen molar-refractivity contribution in [1.29, 1.82) is 0 Å². The third-order valence-corrected chi connectivity index (χ3v) is 4.99. The highest BCUT2D eigenvalue weighted by Crippen LogP contribution is 2.51. The zero-order chi connectivity index (χ0) is 17.8. The summed E-state index contributed by atoms with van der Waals surface area (Å²) in [6.45, 7) is 8.79. The average molecular weight is 333 g/mol. The molecule has 2 aliphatic rings. The van der Waals surface area contributed by atoms with Crippen molar-refractivity contribution >= 4 is 17.0 Å². The summed E-state index contributed by atoms with van der Waals surface area (Å²) < 4.78 is 7.01. The maximum atomic E-state index is 13.0. The lowest BCUT2D eigenvalue weighted by Gasteiger charge is -2.36.